The van der Waals surface area contributed by atoms with Crippen LogP contribution in [0.25, 0.3) is 6.08 Å². The molecule has 0 saturated carbocycles. The molecule has 2 aliphatic heterocycles. The molecule has 15 heteroatoms. The minimum Gasteiger partial charge on any atom is -0.485 e. The number of carbonyl (C=O) groups excluding carboxylic acids is 1. The molecule has 72 heavy (non-hydrogen) atoms. The second-order valence-corrected chi connectivity index (χ2v) is 17.4. The minimum absolute atomic E-state index is 0.000236. The molecule has 2 saturated heterocycles. The molecule has 2 heterocycles. The van der Waals surface area contributed by atoms with Gasteiger partial charge in [0.15, 0.2) is 41.7 Å². The molecular formula is C57H60O15. The van der Waals surface area contributed by atoms with Crippen molar-refractivity contribution in [2.75, 3.05) is 13.2 Å². The number of esters is 1. The van der Waals surface area contributed by atoms with Crippen molar-refractivity contribution in [3.05, 3.63) is 197 Å². The fraction of sp³-hybridized carbons (Fsp3) is 0.316. The Morgan fingerprint density at radius 1 is 0.528 bits per heavy atom. The highest BCUT2D eigenvalue weighted by Crippen LogP contribution is 2.34. The summed E-state index contributed by atoms with van der Waals surface area (Å²) < 4.78 is 54.6. The zero-order valence-electron chi connectivity index (χ0n) is 39.7. The third-order valence-corrected chi connectivity index (χ3v) is 12.2. The standard InChI is InChI=1S/C57H60O15/c1-37-50(60)51(61)52(62)57(69-37)72-55-53(63)56(64-29-28-39-23-26-45(66-34-41-16-8-3-9-17-41)47(31-39)68-36-43-20-12-5-13-21-43)70-48(32-58)54(55)71-49(59)27-24-38-22-25-44(65-33-40-14-6-2-7-15-40)46(30-38)67-35-42-18-10-4-11-19-42/h2-27,30-31,37,48,50-58,60-63H,28-29,32-36H2,1H3/b27-24+/t37-,48+,50-,51+,52+,53+,54+,55+,56+,57-/m0/s1. The maximum atomic E-state index is 13.7. The summed E-state index contributed by atoms with van der Waals surface area (Å²) >= 11 is 0. The summed E-state index contributed by atoms with van der Waals surface area (Å²) in [5.74, 6) is 1.09. The van der Waals surface area contributed by atoms with E-state index in [0.717, 1.165) is 33.9 Å². The van der Waals surface area contributed by atoms with Gasteiger partial charge in [-0.05, 0) is 77.1 Å². The number of ether oxygens (including phenoxy) is 9. The second kappa shape index (κ2) is 25.7. The van der Waals surface area contributed by atoms with Gasteiger partial charge < -0.3 is 68.2 Å². The Bertz CT molecular complexity index is 2620. The molecule has 0 spiro atoms. The Balaban J connectivity index is 0.965. The van der Waals surface area contributed by atoms with Crippen LogP contribution in [0.15, 0.2) is 164 Å². The van der Waals surface area contributed by atoms with Gasteiger partial charge in [0, 0.05) is 6.08 Å². The lowest BCUT2D eigenvalue weighted by Gasteiger charge is -2.46. The van der Waals surface area contributed by atoms with Gasteiger partial charge in [0.05, 0.1) is 19.3 Å². The molecule has 0 aromatic heterocycles. The first-order chi connectivity index (χ1) is 35.1. The fourth-order valence-corrected chi connectivity index (χ4v) is 8.13. The average molecular weight is 985 g/mol. The van der Waals surface area contributed by atoms with Gasteiger partial charge in [0.25, 0.3) is 0 Å². The zero-order chi connectivity index (χ0) is 50.2. The third kappa shape index (κ3) is 14.1. The van der Waals surface area contributed by atoms with E-state index >= 15 is 0 Å². The van der Waals surface area contributed by atoms with E-state index in [2.05, 4.69) is 0 Å². The second-order valence-electron chi connectivity index (χ2n) is 17.4. The Labute approximate surface area is 418 Å². The van der Waals surface area contributed by atoms with Gasteiger partial charge in [-0.2, -0.15) is 0 Å². The summed E-state index contributed by atoms with van der Waals surface area (Å²) in [5, 5.41) is 54.5. The van der Waals surface area contributed by atoms with E-state index in [4.69, 9.17) is 42.6 Å². The fourth-order valence-electron chi connectivity index (χ4n) is 8.13. The van der Waals surface area contributed by atoms with E-state index in [1.54, 1.807) is 18.2 Å². The largest absolute Gasteiger partial charge is 0.485 e. The number of aliphatic hydroxyl groups is 5. The first-order valence-electron chi connectivity index (χ1n) is 23.9. The number of rotatable bonds is 22. The Morgan fingerprint density at radius 2 is 1.03 bits per heavy atom. The molecule has 15 nitrogen and oxygen atoms in total. The Hall–Kier alpha value is -6.63. The maximum Gasteiger partial charge on any atom is 0.331 e. The molecular weight excluding hydrogens is 925 g/mol. The van der Waals surface area contributed by atoms with Crippen LogP contribution in [-0.2, 0) is 61.3 Å². The lowest BCUT2D eigenvalue weighted by molar-refractivity contribution is -0.357. The van der Waals surface area contributed by atoms with Crippen molar-refractivity contribution >= 4 is 12.0 Å². The van der Waals surface area contributed by atoms with E-state index in [1.807, 2.05) is 140 Å². The molecule has 0 bridgehead atoms. The van der Waals surface area contributed by atoms with Gasteiger partial charge in [0.2, 0.25) is 0 Å². The topological polar surface area (TPSA) is 201 Å². The van der Waals surface area contributed by atoms with Crippen LogP contribution in [0.3, 0.4) is 0 Å². The molecule has 0 unspecified atom stereocenters. The number of benzene rings is 6. The van der Waals surface area contributed by atoms with Crippen LogP contribution in [0.4, 0.5) is 0 Å². The molecule has 2 fully saturated rings. The SMILES string of the molecule is C[C@@H]1O[C@@H](O[C@@H]2[C@@H](O)[C@H](OCCc3ccc(OCc4ccccc4)c(OCc4ccccc4)c3)O[C@H](CO)[C@H]2OC(=O)/C=C/c2ccc(OCc3ccccc3)c(OCc3ccccc3)c2)[C@H](O)[C@H](O)[C@H]1O. The predicted octanol–water partition coefficient (Wildman–Crippen LogP) is 6.48. The molecule has 378 valence electrons. The molecule has 6 aromatic rings. The highest BCUT2D eigenvalue weighted by molar-refractivity contribution is 5.87. The van der Waals surface area contributed by atoms with Crippen molar-refractivity contribution in [1.29, 1.82) is 0 Å². The lowest BCUT2D eigenvalue weighted by Crippen LogP contribution is -2.65. The maximum absolute atomic E-state index is 13.7. The lowest BCUT2D eigenvalue weighted by atomic mass is 9.97. The summed E-state index contributed by atoms with van der Waals surface area (Å²) in [4.78, 5) is 13.7. The quantitative estimate of drug-likeness (QED) is 0.0366. The molecule has 10 atom stereocenters. The van der Waals surface area contributed by atoms with Crippen LogP contribution >= 0.6 is 0 Å². The van der Waals surface area contributed by atoms with Crippen LogP contribution in [0, 0.1) is 0 Å². The van der Waals surface area contributed by atoms with Gasteiger partial charge in [0.1, 0.15) is 63.1 Å². The normalized spacial score (nSPS) is 24.1. The van der Waals surface area contributed by atoms with Crippen molar-refractivity contribution in [2.24, 2.45) is 0 Å². The smallest absolute Gasteiger partial charge is 0.331 e. The Kier molecular flexibility index (Phi) is 18.4. The van der Waals surface area contributed by atoms with Gasteiger partial charge in [-0.25, -0.2) is 4.79 Å². The summed E-state index contributed by atoms with van der Waals surface area (Å²) in [7, 11) is 0. The molecule has 2 aliphatic rings. The molecule has 0 radical (unpaired) electrons. The summed E-state index contributed by atoms with van der Waals surface area (Å²) in [6, 6.07) is 49.6. The Morgan fingerprint density at radius 3 is 1.56 bits per heavy atom. The predicted molar refractivity (Wildman–Crippen MR) is 264 cm³/mol. The van der Waals surface area contributed by atoms with Gasteiger partial charge in [-0.15, -0.1) is 0 Å². The van der Waals surface area contributed by atoms with Crippen molar-refractivity contribution in [3.63, 3.8) is 0 Å². The van der Waals surface area contributed by atoms with E-state index in [1.165, 1.54) is 13.0 Å². The first-order valence-corrected chi connectivity index (χ1v) is 23.9. The number of carbonyl (C=O) groups is 1. The minimum atomic E-state index is -1.77. The van der Waals surface area contributed by atoms with Gasteiger partial charge >= 0.3 is 5.97 Å². The van der Waals surface area contributed by atoms with Crippen molar-refractivity contribution in [1.82, 2.24) is 0 Å². The summed E-state index contributed by atoms with van der Waals surface area (Å²) in [6.45, 7) is 1.95. The monoisotopic (exact) mass is 984 g/mol. The highest BCUT2D eigenvalue weighted by atomic mass is 16.7. The first kappa shape index (κ1) is 51.7. The number of hydrogen-bond donors (Lipinski definition) is 5. The molecule has 0 aliphatic carbocycles. The van der Waals surface area contributed by atoms with Crippen LogP contribution in [0.5, 0.6) is 23.0 Å². The van der Waals surface area contributed by atoms with E-state index in [-0.39, 0.29) is 13.2 Å². The van der Waals surface area contributed by atoms with Crippen molar-refractivity contribution in [2.45, 2.75) is 101 Å². The van der Waals surface area contributed by atoms with E-state index in [9.17, 15) is 30.3 Å². The summed E-state index contributed by atoms with van der Waals surface area (Å²) in [6.07, 6.45) is -12.0. The number of aliphatic hydroxyl groups excluding tert-OH is 5. The number of hydrogen-bond acceptors (Lipinski definition) is 15. The average Bonchev–Trinajstić information content (AvgIpc) is 3.41. The van der Waals surface area contributed by atoms with E-state index < -0.39 is 74.0 Å². The van der Waals surface area contributed by atoms with Crippen molar-refractivity contribution in [3.8, 4) is 23.0 Å². The molecule has 6 aromatic carbocycles. The summed E-state index contributed by atoms with van der Waals surface area (Å²) in [5.41, 5.74) is 5.24. The van der Waals surface area contributed by atoms with E-state index in [0.29, 0.717) is 54.8 Å². The zero-order valence-corrected chi connectivity index (χ0v) is 39.7. The third-order valence-electron chi connectivity index (χ3n) is 12.2. The molecule has 8 rings (SSSR count). The van der Waals surface area contributed by atoms with Gasteiger partial charge in [-0.3, -0.25) is 0 Å². The molecule has 5 N–H and O–H groups in total. The van der Waals surface area contributed by atoms with Crippen LogP contribution < -0.4 is 18.9 Å². The van der Waals surface area contributed by atoms with Crippen LogP contribution in [0.2, 0.25) is 0 Å². The highest BCUT2D eigenvalue weighted by Gasteiger charge is 2.52. The van der Waals surface area contributed by atoms with Crippen LogP contribution in [-0.4, -0.2) is 106 Å². The van der Waals surface area contributed by atoms with Gasteiger partial charge in [-0.1, -0.05) is 133 Å². The van der Waals surface area contributed by atoms with Crippen LogP contribution in [0.1, 0.15) is 40.3 Å². The van der Waals surface area contributed by atoms with Crippen molar-refractivity contribution < 1.29 is 73.0 Å². The molecule has 0 amide bonds.